The number of aromatic nitrogens is 3. The van der Waals surface area contributed by atoms with Crippen LogP contribution in [0.1, 0.15) is 72.8 Å². The van der Waals surface area contributed by atoms with Gasteiger partial charge in [0, 0.05) is 55.1 Å². The minimum Gasteiger partial charge on any atom is -0.468 e. The van der Waals surface area contributed by atoms with Crippen LogP contribution in [0.4, 0.5) is 19.4 Å². The second kappa shape index (κ2) is 15.7. The summed E-state index contributed by atoms with van der Waals surface area (Å²) in [5, 5.41) is 21.7. The van der Waals surface area contributed by atoms with Crippen LogP contribution in [0.5, 0.6) is 5.75 Å². The molecule has 10 nitrogen and oxygen atoms in total. The molecule has 56 heavy (non-hydrogen) atoms. The third-order valence-electron chi connectivity index (χ3n) is 12.4. The summed E-state index contributed by atoms with van der Waals surface area (Å²) in [6.45, 7) is 14.0. The molecule has 1 aliphatic carbocycles. The summed E-state index contributed by atoms with van der Waals surface area (Å²) in [6.07, 6.45) is 3.88. The molecule has 2 unspecified atom stereocenters. The van der Waals surface area contributed by atoms with E-state index in [0.29, 0.717) is 73.9 Å². The van der Waals surface area contributed by atoms with Gasteiger partial charge in [-0.2, -0.15) is 0 Å². The topological polar surface area (TPSA) is 121 Å². The lowest BCUT2D eigenvalue weighted by Gasteiger charge is -2.40. The number of piperazine rings is 1. The quantitative estimate of drug-likeness (QED) is 0.0473. The molecule has 2 saturated heterocycles. The van der Waals surface area contributed by atoms with Gasteiger partial charge in [-0.05, 0) is 65.9 Å². The normalized spacial score (nSPS) is 19.0. The number of rotatable bonds is 12. The second-order valence-corrected chi connectivity index (χ2v) is 23.2. The Kier molecular flexibility index (Phi) is 11.3. The molecule has 3 fully saturated rings. The van der Waals surface area contributed by atoms with Crippen molar-refractivity contribution >= 4 is 53.4 Å². The van der Waals surface area contributed by atoms with E-state index >= 15 is 8.78 Å². The molecule has 0 spiro atoms. The lowest BCUT2D eigenvalue weighted by Crippen LogP contribution is -2.55. The Hall–Kier alpha value is -4.03. The molecule has 298 valence electrons. The fraction of sp³-hybridized carbons (Fsp3) is 0.524. The number of aliphatic hydroxyl groups excluding tert-OH is 1. The average Bonchev–Trinajstić information content (AvgIpc) is 3.90. The van der Waals surface area contributed by atoms with Gasteiger partial charge in [0.15, 0.2) is 17.8 Å². The van der Waals surface area contributed by atoms with Crippen molar-refractivity contribution in [3.63, 3.8) is 0 Å². The van der Waals surface area contributed by atoms with Crippen LogP contribution in [-0.4, -0.2) is 95.7 Å². The minimum atomic E-state index is -2.29. The predicted molar refractivity (Wildman–Crippen MR) is 219 cm³/mol. The van der Waals surface area contributed by atoms with Crippen molar-refractivity contribution < 1.29 is 33.3 Å². The van der Waals surface area contributed by atoms with E-state index in [0.717, 1.165) is 25.7 Å². The Balaban J connectivity index is 1.43. The summed E-state index contributed by atoms with van der Waals surface area (Å²) < 4.78 is 44.8. The van der Waals surface area contributed by atoms with Crippen LogP contribution in [0.3, 0.4) is 0 Å². The van der Waals surface area contributed by atoms with Crippen molar-refractivity contribution in [1.29, 1.82) is 0 Å². The third kappa shape index (κ3) is 7.20. The molecule has 2 aliphatic heterocycles. The highest BCUT2D eigenvalue weighted by molar-refractivity contribution is 7.99. The minimum absolute atomic E-state index is 0.0375. The number of hydrogen-bond donors (Lipinski definition) is 2. The Morgan fingerprint density at radius 1 is 1.05 bits per heavy atom. The summed E-state index contributed by atoms with van der Waals surface area (Å²) in [7, 11) is -0.783. The van der Waals surface area contributed by atoms with E-state index in [1.54, 1.807) is 24.4 Å². The van der Waals surface area contributed by atoms with Crippen LogP contribution < -0.4 is 9.64 Å². The zero-order chi connectivity index (χ0) is 40.1. The highest BCUT2D eigenvalue weighted by Crippen LogP contribution is 2.49. The average molecular weight is 804 g/mol. The van der Waals surface area contributed by atoms with Gasteiger partial charge in [-0.15, -0.1) is 5.54 Å². The van der Waals surface area contributed by atoms with E-state index in [-0.39, 0.29) is 47.7 Å². The number of fused-ring (bicyclic) bond motifs is 4. The first kappa shape index (κ1) is 40.2. The zero-order valence-electron chi connectivity index (χ0n) is 33.2. The number of amides is 1. The molecule has 1 saturated carbocycles. The largest absolute Gasteiger partial charge is 0.468 e. The zero-order valence-corrected chi connectivity index (χ0v) is 35.0. The number of carboxylic acid groups (broad SMARTS) is 1. The Morgan fingerprint density at radius 3 is 2.32 bits per heavy atom. The van der Waals surface area contributed by atoms with Crippen molar-refractivity contribution in [2.75, 3.05) is 44.3 Å². The van der Waals surface area contributed by atoms with Crippen LogP contribution in [0.2, 0.25) is 16.6 Å². The van der Waals surface area contributed by atoms with Gasteiger partial charge in [0.05, 0.1) is 23.0 Å². The van der Waals surface area contributed by atoms with Gasteiger partial charge < -0.3 is 24.6 Å². The number of nitrogens with zero attached hydrogens (tertiary/aromatic N) is 5. The lowest BCUT2D eigenvalue weighted by molar-refractivity contribution is 0.0512. The Labute approximate surface area is 332 Å². The molecule has 4 heterocycles. The number of aliphatic hydroxyl groups is 1. The van der Waals surface area contributed by atoms with Crippen LogP contribution >= 0.6 is 11.8 Å². The SMILES string of the molecule is COCOc1cc(-c2ncc3c(N4CC5CCC(C4)N5C(=O)O)nc(SCC4(CO)CC4)nc3c2F)c2c(C#C[Si](C(C)C)(C(C)C)C(C)C)c(F)ccc2c1. The first-order valence-corrected chi connectivity index (χ1v) is 22.7. The van der Waals surface area contributed by atoms with Gasteiger partial charge in [-0.25, -0.2) is 23.5 Å². The van der Waals surface area contributed by atoms with E-state index in [9.17, 15) is 15.0 Å². The van der Waals surface area contributed by atoms with Crippen molar-refractivity contribution in [3.8, 4) is 28.5 Å². The van der Waals surface area contributed by atoms with E-state index in [1.165, 1.54) is 29.8 Å². The van der Waals surface area contributed by atoms with Crippen LogP contribution in [0, 0.1) is 28.5 Å². The van der Waals surface area contributed by atoms with E-state index in [4.69, 9.17) is 24.4 Å². The number of hydrogen-bond acceptors (Lipinski definition) is 9. The van der Waals surface area contributed by atoms with Crippen molar-refractivity contribution in [1.82, 2.24) is 19.9 Å². The van der Waals surface area contributed by atoms with Crippen LogP contribution in [0.15, 0.2) is 35.6 Å². The third-order valence-corrected chi connectivity index (χ3v) is 19.8. The Bertz CT molecular complexity index is 2190. The van der Waals surface area contributed by atoms with E-state index in [2.05, 4.69) is 53.0 Å². The number of thioether (sulfide) groups is 1. The summed E-state index contributed by atoms with van der Waals surface area (Å²) in [6, 6.07) is 6.03. The van der Waals surface area contributed by atoms with Gasteiger partial charge in [0.1, 0.15) is 36.7 Å². The van der Waals surface area contributed by atoms with Gasteiger partial charge >= 0.3 is 6.09 Å². The number of ether oxygens (including phenoxy) is 2. The van der Waals surface area contributed by atoms with Gasteiger partial charge in [-0.1, -0.05) is 65.3 Å². The molecule has 1 amide bonds. The standard InChI is InChI=1S/C42H51F2N5O5SSi/c1-24(2)56(25(3)4,26(5)6)15-12-31-34(43)11-8-27-16-30(54-23-53-7)17-32(35(27)31)37-36(44)38-33(18-45-37)39(47-40(46-38)55-22-42(21-50)13-14-42)48-19-28-9-10-29(20-48)49(28)41(51)52/h8,11,16-18,24-26,28-29,50H,9-10,13-14,19-23H2,1-7H3,(H,51,52). The molecule has 2 aromatic heterocycles. The number of pyridine rings is 1. The number of methoxy groups -OCH3 is 1. The van der Waals surface area contributed by atoms with Crippen LogP contribution in [-0.2, 0) is 4.74 Å². The molecule has 2 atom stereocenters. The van der Waals surface area contributed by atoms with E-state index in [1.807, 2.05) is 4.90 Å². The predicted octanol–water partition coefficient (Wildman–Crippen LogP) is 8.87. The van der Waals surface area contributed by atoms with Crippen molar-refractivity contribution in [2.24, 2.45) is 5.41 Å². The number of halogens is 2. The first-order valence-electron chi connectivity index (χ1n) is 19.5. The highest BCUT2D eigenvalue weighted by atomic mass is 32.2. The molecule has 2 bridgehead atoms. The molecule has 3 aliphatic rings. The van der Waals surface area contributed by atoms with Crippen molar-refractivity contribution in [2.45, 2.75) is 101 Å². The number of benzene rings is 2. The summed E-state index contributed by atoms with van der Waals surface area (Å²) >= 11 is 1.38. The van der Waals surface area contributed by atoms with Crippen molar-refractivity contribution in [3.05, 3.63) is 47.7 Å². The maximum atomic E-state index is 17.5. The van der Waals surface area contributed by atoms with Gasteiger partial charge in [-0.3, -0.25) is 9.88 Å². The van der Waals surface area contributed by atoms with Crippen LogP contribution in [0.25, 0.3) is 32.9 Å². The monoisotopic (exact) mass is 803 g/mol. The fourth-order valence-corrected chi connectivity index (χ4v) is 15.5. The van der Waals surface area contributed by atoms with Gasteiger partial charge in [0.25, 0.3) is 0 Å². The highest BCUT2D eigenvalue weighted by Gasteiger charge is 2.45. The lowest BCUT2D eigenvalue weighted by atomic mass is 9.95. The second-order valence-electron chi connectivity index (χ2n) is 16.6. The molecule has 0 radical (unpaired) electrons. The first-order chi connectivity index (χ1) is 26.7. The molecule has 14 heteroatoms. The molecule has 2 N–H and O–H groups in total. The molecular formula is C42H51F2N5O5SSi. The maximum absolute atomic E-state index is 17.5. The van der Waals surface area contributed by atoms with Gasteiger partial charge in [0.2, 0.25) is 0 Å². The number of carbonyl (C=O) groups is 1. The Morgan fingerprint density at radius 2 is 1.73 bits per heavy atom. The molecule has 2 aromatic carbocycles. The maximum Gasteiger partial charge on any atom is 0.407 e. The molecular weight excluding hydrogens is 753 g/mol. The smallest absolute Gasteiger partial charge is 0.407 e. The molecule has 7 rings (SSSR count). The fourth-order valence-electron chi connectivity index (χ4n) is 9.18. The summed E-state index contributed by atoms with van der Waals surface area (Å²) in [5.74, 6) is 3.56. The van der Waals surface area contributed by atoms with E-state index < -0.39 is 25.8 Å². The summed E-state index contributed by atoms with van der Waals surface area (Å²) in [5.41, 5.74) is 4.90. The number of anilines is 1. The summed E-state index contributed by atoms with van der Waals surface area (Å²) in [4.78, 5) is 30.1. The molecule has 4 aromatic rings.